The minimum absolute atomic E-state index is 0.0517. The number of fused-ring (bicyclic) bond motifs is 1. The fraction of sp³-hybridized carbons (Fsp3) is 0.348. The summed E-state index contributed by atoms with van der Waals surface area (Å²) in [4.78, 5) is 19.2. The molecule has 0 aliphatic carbocycles. The Labute approximate surface area is 180 Å². The van der Waals surface area contributed by atoms with Crippen LogP contribution in [0.4, 0.5) is 0 Å². The summed E-state index contributed by atoms with van der Waals surface area (Å²) in [6.45, 7) is 2.63. The minimum atomic E-state index is -0.0972. The Kier molecular flexibility index (Phi) is 5.79. The molecule has 1 unspecified atom stereocenters. The molecule has 0 fully saturated rings. The second-order valence-electron chi connectivity index (χ2n) is 7.34. The van der Waals surface area contributed by atoms with Crippen molar-refractivity contribution in [3.63, 3.8) is 0 Å². The number of ether oxygens (including phenoxy) is 3. The maximum Gasteiger partial charge on any atom is 0.236 e. The largest absolute Gasteiger partial charge is 0.497 e. The van der Waals surface area contributed by atoms with E-state index in [2.05, 4.69) is 10.1 Å². The Morgan fingerprint density at radius 1 is 1.10 bits per heavy atom. The van der Waals surface area contributed by atoms with Gasteiger partial charge < -0.3 is 23.6 Å². The lowest BCUT2D eigenvalue weighted by Gasteiger charge is -2.35. The van der Waals surface area contributed by atoms with Gasteiger partial charge in [0.05, 0.1) is 27.4 Å². The molecule has 0 radical (unpaired) electrons. The number of carbonyl (C=O) groups is 1. The molecule has 8 nitrogen and oxygen atoms in total. The quantitative estimate of drug-likeness (QED) is 0.600. The molecular weight excluding hydrogens is 398 g/mol. The molecule has 0 saturated heterocycles. The van der Waals surface area contributed by atoms with E-state index in [9.17, 15) is 4.79 Å². The van der Waals surface area contributed by atoms with E-state index in [1.165, 1.54) is 0 Å². The maximum absolute atomic E-state index is 13.0. The summed E-state index contributed by atoms with van der Waals surface area (Å²) < 4.78 is 21.3. The van der Waals surface area contributed by atoms with Gasteiger partial charge >= 0.3 is 0 Å². The van der Waals surface area contributed by atoms with E-state index in [4.69, 9.17) is 18.7 Å². The van der Waals surface area contributed by atoms with Crippen molar-refractivity contribution < 1.29 is 23.5 Å². The van der Waals surface area contributed by atoms with Gasteiger partial charge in [-0.25, -0.2) is 0 Å². The van der Waals surface area contributed by atoms with Crippen LogP contribution >= 0.6 is 0 Å². The summed E-state index contributed by atoms with van der Waals surface area (Å²) in [7, 11) is 4.84. The Morgan fingerprint density at radius 3 is 2.48 bits per heavy atom. The van der Waals surface area contributed by atoms with Crippen LogP contribution in [0.25, 0.3) is 11.4 Å². The fourth-order valence-electron chi connectivity index (χ4n) is 3.90. The summed E-state index contributed by atoms with van der Waals surface area (Å²) in [5.41, 5.74) is 3.01. The summed E-state index contributed by atoms with van der Waals surface area (Å²) >= 11 is 0. The number of nitrogens with zero attached hydrogens (tertiary/aromatic N) is 3. The fourth-order valence-corrected chi connectivity index (χ4v) is 3.90. The van der Waals surface area contributed by atoms with E-state index in [0.29, 0.717) is 29.8 Å². The number of benzene rings is 2. The molecule has 3 aromatic rings. The number of rotatable bonds is 6. The maximum atomic E-state index is 13.0. The van der Waals surface area contributed by atoms with Crippen LogP contribution in [0, 0.1) is 0 Å². The third-order valence-electron chi connectivity index (χ3n) is 5.62. The third kappa shape index (κ3) is 4.05. The van der Waals surface area contributed by atoms with E-state index < -0.39 is 0 Å². The van der Waals surface area contributed by atoms with Crippen LogP contribution in [-0.2, 0) is 17.6 Å². The van der Waals surface area contributed by atoms with Crippen LogP contribution in [0.1, 0.15) is 30.0 Å². The molecule has 2 heterocycles. The minimum Gasteiger partial charge on any atom is -0.497 e. The van der Waals surface area contributed by atoms with E-state index in [0.717, 1.165) is 28.9 Å². The molecule has 162 valence electrons. The van der Waals surface area contributed by atoms with Crippen LogP contribution < -0.4 is 14.2 Å². The van der Waals surface area contributed by atoms with Gasteiger partial charge in [-0.1, -0.05) is 5.16 Å². The van der Waals surface area contributed by atoms with Gasteiger partial charge in [0.25, 0.3) is 0 Å². The first kappa shape index (κ1) is 20.7. The molecule has 8 heteroatoms. The lowest BCUT2D eigenvalue weighted by Crippen LogP contribution is -2.39. The average molecular weight is 423 g/mol. The van der Waals surface area contributed by atoms with Gasteiger partial charge in [-0.05, 0) is 60.9 Å². The van der Waals surface area contributed by atoms with Crippen LogP contribution in [-0.4, -0.2) is 48.8 Å². The van der Waals surface area contributed by atoms with Crippen molar-refractivity contribution in [2.75, 3.05) is 27.9 Å². The first-order valence-corrected chi connectivity index (χ1v) is 10.0. The van der Waals surface area contributed by atoms with Crippen molar-refractivity contribution in [3.8, 4) is 28.6 Å². The van der Waals surface area contributed by atoms with Crippen molar-refractivity contribution in [2.45, 2.75) is 25.8 Å². The van der Waals surface area contributed by atoms with Gasteiger partial charge in [0.15, 0.2) is 11.5 Å². The van der Waals surface area contributed by atoms with Crippen molar-refractivity contribution in [1.82, 2.24) is 15.0 Å². The summed E-state index contributed by atoms with van der Waals surface area (Å²) in [5, 5.41) is 4.01. The SMILES string of the molecule is COc1ccc(-c2noc(CC(=O)N3CCc4cc(OC)c(OC)cc4C3C)n2)cc1. The molecule has 1 aliphatic rings. The number of hydrogen-bond acceptors (Lipinski definition) is 7. The molecule has 0 saturated carbocycles. The van der Waals surface area contributed by atoms with Crippen molar-refractivity contribution in [3.05, 3.63) is 53.4 Å². The van der Waals surface area contributed by atoms with Gasteiger partial charge in [-0.2, -0.15) is 4.98 Å². The molecule has 31 heavy (non-hydrogen) atoms. The Hall–Kier alpha value is -3.55. The van der Waals surface area contributed by atoms with Gasteiger partial charge in [0, 0.05) is 12.1 Å². The molecule has 0 N–H and O–H groups in total. The van der Waals surface area contributed by atoms with Crippen molar-refractivity contribution in [2.24, 2.45) is 0 Å². The number of hydrogen-bond donors (Lipinski definition) is 0. The zero-order chi connectivity index (χ0) is 22.0. The van der Waals surface area contributed by atoms with Gasteiger partial charge in [-0.3, -0.25) is 4.79 Å². The van der Waals surface area contributed by atoms with E-state index in [1.807, 2.05) is 48.2 Å². The first-order valence-electron chi connectivity index (χ1n) is 10.0. The highest BCUT2D eigenvalue weighted by Gasteiger charge is 2.30. The highest BCUT2D eigenvalue weighted by Crippen LogP contribution is 2.38. The molecule has 1 amide bonds. The highest BCUT2D eigenvalue weighted by atomic mass is 16.5. The van der Waals surface area contributed by atoms with Gasteiger partial charge in [-0.15, -0.1) is 0 Å². The predicted molar refractivity (Wildman–Crippen MR) is 113 cm³/mol. The summed E-state index contributed by atoms with van der Waals surface area (Å²) in [6, 6.07) is 11.2. The summed E-state index contributed by atoms with van der Waals surface area (Å²) in [5.74, 6) is 2.78. The number of aromatic nitrogens is 2. The van der Waals surface area contributed by atoms with Crippen LogP contribution in [0.15, 0.2) is 40.9 Å². The first-order chi connectivity index (χ1) is 15.0. The van der Waals surface area contributed by atoms with Crippen molar-refractivity contribution in [1.29, 1.82) is 0 Å². The molecule has 1 atom stereocenters. The highest BCUT2D eigenvalue weighted by molar-refractivity contribution is 5.79. The molecule has 1 aliphatic heterocycles. The van der Waals surface area contributed by atoms with Gasteiger partial charge in [0.2, 0.25) is 17.6 Å². The topological polar surface area (TPSA) is 86.9 Å². The van der Waals surface area contributed by atoms with Crippen LogP contribution in [0.3, 0.4) is 0 Å². The predicted octanol–water partition coefficient (Wildman–Crippen LogP) is 3.45. The average Bonchev–Trinajstić information content (AvgIpc) is 3.26. The molecule has 1 aromatic heterocycles. The molecule has 2 aromatic carbocycles. The van der Waals surface area contributed by atoms with E-state index in [1.54, 1.807) is 21.3 Å². The number of amides is 1. The monoisotopic (exact) mass is 423 g/mol. The number of methoxy groups -OCH3 is 3. The van der Waals surface area contributed by atoms with Crippen molar-refractivity contribution >= 4 is 5.91 Å². The summed E-state index contributed by atoms with van der Waals surface area (Å²) in [6.07, 6.45) is 0.794. The smallest absolute Gasteiger partial charge is 0.236 e. The Balaban J connectivity index is 1.49. The van der Waals surface area contributed by atoms with E-state index >= 15 is 0 Å². The van der Waals surface area contributed by atoms with Crippen LogP contribution in [0.2, 0.25) is 0 Å². The zero-order valence-electron chi connectivity index (χ0n) is 18.0. The standard InChI is InChI=1S/C23H25N3O5/c1-14-18-12-20(30-4)19(29-3)11-16(18)9-10-26(14)22(27)13-21-24-23(25-31-21)15-5-7-17(28-2)8-6-15/h5-8,11-12,14H,9-10,13H2,1-4H3. The molecule has 4 rings (SSSR count). The van der Waals surface area contributed by atoms with Crippen LogP contribution in [0.5, 0.6) is 17.2 Å². The van der Waals surface area contributed by atoms with Gasteiger partial charge in [0.1, 0.15) is 12.2 Å². The third-order valence-corrected chi connectivity index (χ3v) is 5.62. The Morgan fingerprint density at radius 2 is 1.81 bits per heavy atom. The second-order valence-corrected chi connectivity index (χ2v) is 7.34. The lowest BCUT2D eigenvalue weighted by atomic mass is 9.92. The number of carbonyl (C=O) groups excluding carboxylic acids is 1. The Bertz CT molecular complexity index is 1080. The normalized spacial score (nSPS) is 15.4. The lowest BCUT2D eigenvalue weighted by molar-refractivity contribution is -0.133. The second kappa shape index (κ2) is 8.67. The molecule has 0 bridgehead atoms. The molecule has 0 spiro atoms. The van der Waals surface area contributed by atoms with E-state index in [-0.39, 0.29) is 18.4 Å². The zero-order valence-corrected chi connectivity index (χ0v) is 18.0. The molecular formula is C23H25N3O5.